The summed E-state index contributed by atoms with van der Waals surface area (Å²) in [5.74, 6) is -0.667. The van der Waals surface area contributed by atoms with Crippen LogP contribution >= 0.6 is 0 Å². The summed E-state index contributed by atoms with van der Waals surface area (Å²) < 4.78 is 0. The van der Waals surface area contributed by atoms with E-state index in [0.717, 1.165) is 0 Å². The van der Waals surface area contributed by atoms with Crippen molar-refractivity contribution >= 4 is 11.8 Å². The Balaban J connectivity index is 0. The molecule has 0 unspecified atom stereocenters. The molecule has 0 heterocycles. The maximum atomic E-state index is 9.22. The molecule has 0 saturated heterocycles. The molecule has 0 aromatic carbocycles. The van der Waals surface area contributed by atoms with Gasteiger partial charge in [0.2, 0.25) is 11.8 Å². The number of hydrogen-bond acceptors (Lipinski definition) is 2. The maximum absolute atomic E-state index is 9.22. The predicted octanol–water partition coefficient (Wildman–Crippen LogP) is 0.934. The van der Waals surface area contributed by atoms with Crippen molar-refractivity contribution in [3.05, 3.63) is 0 Å². The van der Waals surface area contributed by atoms with Crippen molar-refractivity contribution in [3.63, 3.8) is 0 Å². The minimum absolute atomic E-state index is 0.333. The molecule has 1 saturated carbocycles. The fourth-order valence-electron chi connectivity index (χ4n) is 0.884. The van der Waals surface area contributed by atoms with Gasteiger partial charge in [0.15, 0.2) is 0 Å². The molecule has 0 spiro atoms. The van der Waals surface area contributed by atoms with Crippen LogP contribution in [0.25, 0.3) is 0 Å². The highest BCUT2D eigenvalue weighted by Gasteiger charge is 1.95. The van der Waals surface area contributed by atoms with Crippen molar-refractivity contribution in [3.8, 4) is 0 Å². The summed E-state index contributed by atoms with van der Waals surface area (Å²) in [5.41, 5.74) is 8.94. The van der Waals surface area contributed by atoms with Gasteiger partial charge in [-0.25, -0.2) is 0 Å². The van der Waals surface area contributed by atoms with E-state index in [1.807, 2.05) is 0 Å². The minimum Gasteiger partial charge on any atom is -0.370 e. The van der Waals surface area contributed by atoms with E-state index in [1.165, 1.54) is 46.0 Å². The highest BCUT2D eigenvalue weighted by atomic mass is 16.1. The van der Waals surface area contributed by atoms with Gasteiger partial charge in [0.05, 0.1) is 0 Å². The van der Waals surface area contributed by atoms with E-state index in [4.69, 9.17) is 0 Å². The van der Waals surface area contributed by atoms with Gasteiger partial charge in [-0.3, -0.25) is 9.59 Å². The number of rotatable bonds is 0. The first kappa shape index (κ1) is 14.5. The number of amides is 2. The Kier molecular flexibility index (Phi) is 12.2. The van der Waals surface area contributed by atoms with E-state index < -0.39 is 0 Å². The first-order valence-corrected chi connectivity index (χ1v) is 4.49. The highest BCUT2D eigenvalue weighted by Crippen LogP contribution is 2.15. The molecule has 0 aliphatic heterocycles. The summed E-state index contributed by atoms with van der Waals surface area (Å²) >= 11 is 0. The molecule has 0 radical (unpaired) electrons. The summed E-state index contributed by atoms with van der Waals surface area (Å²) in [4.78, 5) is 18.4. The lowest BCUT2D eigenvalue weighted by molar-refractivity contribution is -0.116. The molecule has 4 nitrogen and oxygen atoms in total. The molecule has 78 valence electrons. The van der Waals surface area contributed by atoms with Gasteiger partial charge in [0, 0.05) is 13.8 Å². The second-order valence-electron chi connectivity index (χ2n) is 2.99. The molecule has 1 aliphatic rings. The average molecular weight is 188 g/mol. The number of nitrogens with two attached hydrogens (primary N) is 2. The van der Waals surface area contributed by atoms with Crippen LogP contribution in [0.1, 0.15) is 46.0 Å². The lowest BCUT2D eigenvalue weighted by Gasteiger charge is -1.67. The Labute approximate surface area is 79.7 Å². The summed E-state index contributed by atoms with van der Waals surface area (Å²) in [7, 11) is 0. The highest BCUT2D eigenvalue weighted by molar-refractivity contribution is 5.70. The van der Waals surface area contributed by atoms with E-state index in [9.17, 15) is 9.59 Å². The summed E-state index contributed by atoms with van der Waals surface area (Å²) in [6.45, 7) is 2.61. The molecule has 1 fully saturated rings. The van der Waals surface area contributed by atoms with E-state index in [-0.39, 0.29) is 11.8 Å². The van der Waals surface area contributed by atoms with Gasteiger partial charge < -0.3 is 11.5 Å². The van der Waals surface area contributed by atoms with Gasteiger partial charge in [-0.1, -0.05) is 32.1 Å². The van der Waals surface area contributed by atoms with E-state index in [1.54, 1.807) is 0 Å². The minimum atomic E-state index is -0.333. The molecule has 1 rings (SSSR count). The van der Waals surface area contributed by atoms with E-state index >= 15 is 0 Å². The van der Waals surface area contributed by atoms with Crippen molar-refractivity contribution in [2.45, 2.75) is 46.0 Å². The number of hydrogen-bond donors (Lipinski definition) is 2. The summed E-state index contributed by atoms with van der Waals surface area (Å²) in [6.07, 6.45) is 7.50. The van der Waals surface area contributed by atoms with Crippen LogP contribution in [-0.4, -0.2) is 11.8 Å². The zero-order valence-electron chi connectivity index (χ0n) is 8.51. The molecule has 0 bridgehead atoms. The van der Waals surface area contributed by atoms with Gasteiger partial charge in [-0.05, 0) is 0 Å². The molecule has 13 heavy (non-hydrogen) atoms. The third-order valence-corrected chi connectivity index (χ3v) is 1.25. The van der Waals surface area contributed by atoms with Crippen LogP contribution in [0.3, 0.4) is 0 Å². The topological polar surface area (TPSA) is 86.2 Å². The normalized spacial score (nSPS) is 13.1. The van der Waals surface area contributed by atoms with Crippen LogP contribution in [0.4, 0.5) is 0 Å². The quantitative estimate of drug-likeness (QED) is 0.592. The third-order valence-electron chi connectivity index (χ3n) is 1.25. The third kappa shape index (κ3) is 56.3. The number of carbonyl (C=O) groups excluding carboxylic acids is 2. The molecule has 0 atom stereocenters. The van der Waals surface area contributed by atoms with Crippen molar-refractivity contribution < 1.29 is 9.59 Å². The zero-order valence-corrected chi connectivity index (χ0v) is 8.51. The van der Waals surface area contributed by atoms with Crippen molar-refractivity contribution in [2.75, 3.05) is 0 Å². The molecular weight excluding hydrogens is 168 g/mol. The average Bonchev–Trinajstić information content (AvgIpc) is 2.35. The SMILES string of the molecule is C1CCCC1.CC(N)=O.CC(N)=O. The van der Waals surface area contributed by atoms with E-state index in [0.29, 0.717) is 0 Å². The van der Waals surface area contributed by atoms with Crippen LogP contribution in [0.5, 0.6) is 0 Å². The molecule has 4 N–H and O–H groups in total. The van der Waals surface area contributed by atoms with Gasteiger partial charge in [-0.2, -0.15) is 0 Å². The van der Waals surface area contributed by atoms with Gasteiger partial charge >= 0.3 is 0 Å². The fourth-order valence-corrected chi connectivity index (χ4v) is 0.884. The van der Waals surface area contributed by atoms with Crippen molar-refractivity contribution in [2.24, 2.45) is 11.5 Å². The predicted molar refractivity (Wildman–Crippen MR) is 52.8 cm³/mol. The Morgan fingerprint density at radius 1 is 0.769 bits per heavy atom. The lowest BCUT2D eigenvalue weighted by Crippen LogP contribution is -2.01. The largest absolute Gasteiger partial charge is 0.370 e. The van der Waals surface area contributed by atoms with Crippen LogP contribution in [0, 0.1) is 0 Å². The molecule has 0 aromatic heterocycles. The summed E-state index contributed by atoms with van der Waals surface area (Å²) in [6, 6.07) is 0. The Morgan fingerprint density at radius 2 is 0.846 bits per heavy atom. The molecule has 1 aliphatic carbocycles. The Morgan fingerprint density at radius 3 is 0.923 bits per heavy atom. The molecular formula is C9H20N2O2. The monoisotopic (exact) mass is 188 g/mol. The van der Waals surface area contributed by atoms with Crippen molar-refractivity contribution in [1.29, 1.82) is 0 Å². The van der Waals surface area contributed by atoms with Gasteiger partial charge in [0.1, 0.15) is 0 Å². The maximum Gasteiger partial charge on any atom is 0.214 e. The van der Waals surface area contributed by atoms with Crippen LogP contribution in [0.15, 0.2) is 0 Å². The van der Waals surface area contributed by atoms with E-state index in [2.05, 4.69) is 11.5 Å². The van der Waals surface area contributed by atoms with Gasteiger partial charge in [-0.15, -0.1) is 0 Å². The Bertz CT molecular complexity index is 115. The zero-order chi connectivity index (χ0) is 10.7. The van der Waals surface area contributed by atoms with Gasteiger partial charge in [0.25, 0.3) is 0 Å². The van der Waals surface area contributed by atoms with Crippen LogP contribution in [0.2, 0.25) is 0 Å². The first-order chi connectivity index (χ1) is 5.96. The van der Waals surface area contributed by atoms with Crippen molar-refractivity contribution in [1.82, 2.24) is 0 Å². The standard InChI is InChI=1S/C5H10.2C2H5NO/c1-2-4-5-3-1;2*1-2(3)4/h1-5H2;2*1H3,(H2,3,4). The molecule has 4 heteroatoms. The molecule has 2 amide bonds. The fraction of sp³-hybridized carbons (Fsp3) is 0.778. The first-order valence-electron chi connectivity index (χ1n) is 4.49. The Hall–Kier alpha value is -1.06. The summed E-state index contributed by atoms with van der Waals surface area (Å²) in [5, 5.41) is 0. The number of carbonyl (C=O) groups is 2. The van der Waals surface area contributed by atoms with Crippen LogP contribution < -0.4 is 11.5 Å². The second kappa shape index (κ2) is 10.9. The smallest absolute Gasteiger partial charge is 0.214 e. The second-order valence-corrected chi connectivity index (χ2v) is 2.99. The lowest BCUT2D eigenvalue weighted by atomic mass is 10.4. The van der Waals surface area contributed by atoms with Crippen LogP contribution in [-0.2, 0) is 9.59 Å². The molecule has 0 aromatic rings. The number of primary amides is 2.